The number of nitrogens with zero attached hydrogens (tertiary/aromatic N) is 5. The molecule has 1 aromatic rings. The molecule has 8 nitrogen and oxygen atoms in total. The topological polar surface area (TPSA) is 85.7 Å². The van der Waals surface area contributed by atoms with E-state index in [1.165, 1.54) is 4.90 Å². The third kappa shape index (κ3) is 4.11. The first-order valence-corrected chi connectivity index (χ1v) is 9.29. The summed E-state index contributed by atoms with van der Waals surface area (Å²) in [5, 5.41) is 10.3. The van der Waals surface area contributed by atoms with Crippen molar-refractivity contribution in [1.29, 1.82) is 0 Å². The van der Waals surface area contributed by atoms with Gasteiger partial charge in [0.2, 0.25) is 5.11 Å². The Balaban J connectivity index is 1.71. The maximum atomic E-state index is 12.3. The molecule has 2 heterocycles. The molecule has 0 aromatic heterocycles. The fourth-order valence-corrected chi connectivity index (χ4v) is 3.18. The van der Waals surface area contributed by atoms with Gasteiger partial charge in [-0.25, -0.2) is 0 Å². The highest BCUT2D eigenvalue weighted by atomic mass is 79.9. The number of carbonyl (C=O) groups excluding carboxylic acids is 3. The van der Waals surface area contributed by atoms with E-state index in [0.717, 1.165) is 20.1 Å². The molecular formula is C17H16BrN5O3S. The minimum atomic E-state index is -0.525. The molecule has 0 atom stereocenters. The molecule has 2 aliphatic rings. The summed E-state index contributed by atoms with van der Waals surface area (Å²) in [6.45, 7) is 3.16. The van der Waals surface area contributed by atoms with Crippen molar-refractivity contribution >= 4 is 62.4 Å². The van der Waals surface area contributed by atoms with Crippen molar-refractivity contribution < 1.29 is 14.4 Å². The van der Waals surface area contributed by atoms with Gasteiger partial charge in [0, 0.05) is 10.2 Å². The van der Waals surface area contributed by atoms with E-state index in [9.17, 15) is 14.4 Å². The maximum absolute atomic E-state index is 12.3. The van der Waals surface area contributed by atoms with E-state index in [0.29, 0.717) is 11.4 Å². The van der Waals surface area contributed by atoms with Crippen molar-refractivity contribution in [2.24, 2.45) is 10.2 Å². The molecule has 1 saturated heterocycles. The summed E-state index contributed by atoms with van der Waals surface area (Å²) >= 11 is 8.67. The normalized spacial score (nSPS) is 17.9. The van der Waals surface area contributed by atoms with Crippen molar-refractivity contribution in [2.75, 3.05) is 13.1 Å². The molecule has 0 aliphatic carbocycles. The lowest BCUT2D eigenvalue weighted by Crippen LogP contribution is -2.40. The molecule has 3 amide bonds. The summed E-state index contributed by atoms with van der Waals surface area (Å²) in [5.74, 6) is -1.24. The number of thiocarbonyl (C=S) groups is 1. The monoisotopic (exact) mass is 449 g/mol. The average Bonchev–Trinajstić information content (AvgIpc) is 3.08. The molecule has 0 saturated carbocycles. The average molecular weight is 450 g/mol. The highest BCUT2D eigenvalue weighted by Gasteiger charge is 2.36. The van der Waals surface area contributed by atoms with Crippen LogP contribution in [0.5, 0.6) is 0 Å². The number of carbonyl (C=O) groups is 3. The molecule has 0 bridgehead atoms. The number of hydrogen-bond acceptors (Lipinski definition) is 6. The second-order valence-electron chi connectivity index (χ2n) is 6.15. The molecule has 2 aliphatic heterocycles. The van der Waals surface area contributed by atoms with Crippen LogP contribution < -0.4 is 0 Å². The molecule has 0 unspecified atom stereocenters. The fourth-order valence-electron chi connectivity index (χ4n) is 2.64. The first-order chi connectivity index (χ1) is 12.8. The Hall–Kier alpha value is -2.46. The van der Waals surface area contributed by atoms with Gasteiger partial charge in [-0.2, -0.15) is 20.2 Å². The van der Waals surface area contributed by atoms with Crippen molar-refractivity contribution in [3.05, 3.63) is 34.3 Å². The van der Waals surface area contributed by atoms with Gasteiger partial charge in [-0.05, 0) is 43.8 Å². The fraction of sp³-hybridized carbons (Fsp3) is 0.294. The van der Waals surface area contributed by atoms with Crippen LogP contribution in [0.1, 0.15) is 25.8 Å². The van der Waals surface area contributed by atoms with Crippen LogP contribution in [0, 0.1) is 0 Å². The van der Waals surface area contributed by atoms with Crippen LogP contribution in [0.4, 0.5) is 0 Å². The smallest absolute Gasteiger partial charge is 0.269 e. The number of rotatable bonds is 4. The summed E-state index contributed by atoms with van der Waals surface area (Å²) in [6, 6.07) is 7.48. The van der Waals surface area contributed by atoms with Crippen molar-refractivity contribution in [1.82, 2.24) is 14.9 Å². The molecule has 0 spiro atoms. The van der Waals surface area contributed by atoms with E-state index in [1.54, 1.807) is 13.8 Å². The van der Waals surface area contributed by atoms with Crippen LogP contribution in [0.2, 0.25) is 0 Å². The van der Waals surface area contributed by atoms with Crippen LogP contribution in [0.3, 0.4) is 0 Å². The third-order valence-corrected chi connectivity index (χ3v) is 4.96. The van der Waals surface area contributed by atoms with Gasteiger partial charge in [0.05, 0.1) is 12.1 Å². The van der Waals surface area contributed by atoms with Gasteiger partial charge in [0.1, 0.15) is 13.1 Å². The first-order valence-electron chi connectivity index (χ1n) is 8.09. The van der Waals surface area contributed by atoms with Gasteiger partial charge in [-0.3, -0.25) is 14.4 Å². The van der Waals surface area contributed by atoms with E-state index in [1.807, 2.05) is 24.3 Å². The van der Waals surface area contributed by atoms with E-state index in [-0.39, 0.29) is 36.4 Å². The number of hydrazone groups is 2. The minimum Gasteiger partial charge on any atom is -0.329 e. The van der Waals surface area contributed by atoms with Gasteiger partial charge < -0.3 is 4.90 Å². The third-order valence-electron chi connectivity index (χ3n) is 4.00. The van der Waals surface area contributed by atoms with Gasteiger partial charge in [-0.1, -0.05) is 28.1 Å². The lowest BCUT2D eigenvalue weighted by atomic mass is 10.1. The summed E-state index contributed by atoms with van der Waals surface area (Å²) in [4.78, 5) is 37.8. The lowest BCUT2D eigenvalue weighted by molar-refractivity contribution is -0.143. The molecule has 10 heteroatoms. The van der Waals surface area contributed by atoms with Crippen molar-refractivity contribution in [3.63, 3.8) is 0 Å². The molecule has 1 aromatic carbocycles. The quantitative estimate of drug-likeness (QED) is 0.516. The Morgan fingerprint density at radius 2 is 1.93 bits per heavy atom. The predicted molar refractivity (Wildman–Crippen MR) is 107 cm³/mol. The molecule has 140 valence electrons. The van der Waals surface area contributed by atoms with Crippen LogP contribution in [-0.4, -0.2) is 62.3 Å². The highest BCUT2D eigenvalue weighted by Crippen LogP contribution is 2.16. The zero-order valence-corrected chi connectivity index (χ0v) is 17.1. The number of amides is 3. The highest BCUT2D eigenvalue weighted by molar-refractivity contribution is 9.10. The van der Waals surface area contributed by atoms with E-state index in [4.69, 9.17) is 12.2 Å². The SMILES string of the molecule is CC1=NN(C(=O)CN2CC(=O)N(/N=C(\C)c3ccc(Br)cc3)C2=S)C(=O)C1. The summed E-state index contributed by atoms with van der Waals surface area (Å²) < 4.78 is 0.936. The first kappa shape index (κ1) is 19.3. The minimum absolute atomic E-state index is 0.0770. The standard InChI is InChI=1S/C17H16BrN5O3S/c1-10-7-14(24)22(19-10)15(25)8-21-9-16(26)23(17(21)27)20-11(2)12-3-5-13(18)6-4-12/h3-6H,7-9H2,1-2H3/b20-11+. The van der Waals surface area contributed by atoms with Crippen LogP contribution in [0.15, 0.2) is 38.9 Å². The Kier molecular flexibility index (Phi) is 5.47. The number of halogens is 1. The Bertz CT molecular complexity index is 896. The summed E-state index contributed by atoms with van der Waals surface area (Å²) in [7, 11) is 0. The van der Waals surface area contributed by atoms with Crippen molar-refractivity contribution in [2.45, 2.75) is 20.3 Å². The zero-order valence-electron chi connectivity index (χ0n) is 14.7. The number of imide groups is 1. The van der Waals surface area contributed by atoms with E-state index in [2.05, 4.69) is 26.1 Å². The van der Waals surface area contributed by atoms with Gasteiger partial charge in [0.25, 0.3) is 17.7 Å². The van der Waals surface area contributed by atoms with Crippen LogP contribution >= 0.6 is 28.1 Å². The second-order valence-corrected chi connectivity index (χ2v) is 7.43. The van der Waals surface area contributed by atoms with Crippen LogP contribution in [0.25, 0.3) is 0 Å². The Labute approximate surface area is 169 Å². The van der Waals surface area contributed by atoms with Gasteiger partial charge >= 0.3 is 0 Å². The molecule has 27 heavy (non-hydrogen) atoms. The van der Waals surface area contributed by atoms with Gasteiger partial charge in [-0.15, -0.1) is 0 Å². The second kappa shape index (κ2) is 7.65. The largest absolute Gasteiger partial charge is 0.329 e. The van der Waals surface area contributed by atoms with Crippen molar-refractivity contribution in [3.8, 4) is 0 Å². The molecule has 0 radical (unpaired) electrons. The number of hydrogen-bond donors (Lipinski definition) is 0. The van der Waals surface area contributed by atoms with E-state index < -0.39 is 5.91 Å². The molecular weight excluding hydrogens is 434 g/mol. The summed E-state index contributed by atoms with van der Waals surface area (Å²) in [5.41, 5.74) is 2.03. The van der Waals surface area contributed by atoms with Gasteiger partial charge in [0.15, 0.2) is 0 Å². The van der Waals surface area contributed by atoms with Crippen LogP contribution in [-0.2, 0) is 14.4 Å². The Morgan fingerprint density at radius 1 is 1.26 bits per heavy atom. The lowest BCUT2D eigenvalue weighted by Gasteiger charge is -2.19. The maximum Gasteiger partial charge on any atom is 0.269 e. The Morgan fingerprint density at radius 3 is 2.52 bits per heavy atom. The van der Waals surface area contributed by atoms with E-state index >= 15 is 0 Å². The predicted octanol–water partition coefficient (Wildman–Crippen LogP) is 1.74. The molecule has 0 N–H and O–H groups in total. The number of benzene rings is 1. The molecule has 1 fully saturated rings. The molecule has 3 rings (SSSR count). The zero-order chi connectivity index (χ0) is 19.7. The summed E-state index contributed by atoms with van der Waals surface area (Å²) in [6.07, 6.45) is 0.123.